The van der Waals surface area contributed by atoms with Crippen LogP contribution in [0.5, 0.6) is 0 Å². The molecule has 0 unspecified atom stereocenters. The number of piperazine rings is 1. The highest BCUT2D eigenvalue weighted by atomic mass is 79.9. The molecule has 0 amide bonds. The molecule has 1 N–H and O–H groups in total. The van der Waals surface area contributed by atoms with Crippen molar-refractivity contribution < 1.29 is 0 Å². The Balaban J connectivity index is 1.77. The standard InChI is InChI=1S/C15H21BrN2/c16-15-10-12(11-18-7-5-17-6-8-18)9-13-3-1-2-4-14(13)15/h9-10,17H,1-8,11H2. The summed E-state index contributed by atoms with van der Waals surface area (Å²) in [5.41, 5.74) is 4.62. The fourth-order valence-corrected chi connectivity index (χ4v) is 3.84. The Morgan fingerprint density at radius 3 is 2.72 bits per heavy atom. The molecular formula is C15H21BrN2. The number of hydrogen-bond acceptors (Lipinski definition) is 2. The largest absolute Gasteiger partial charge is 0.314 e. The minimum absolute atomic E-state index is 1.10. The van der Waals surface area contributed by atoms with Crippen LogP contribution in [0.3, 0.4) is 0 Å². The quantitative estimate of drug-likeness (QED) is 0.904. The van der Waals surface area contributed by atoms with Crippen molar-refractivity contribution in [1.82, 2.24) is 10.2 Å². The third kappa shape index (κ3) is 2.79. The van der Waals surface area contributed by atoms with Crippen LogP contribution in [-0.4, -0.2) is 31.1 Å². The lowest BCUT2D eigenvalue weighted by Crippen LogP contribution is -2.42. The van der Waals surface area contributed by atoms with Crippen LogP contribution in [0.15, 0.2) is 16.6 Å². The molecule has 0 aromatic heterocycles. The first kappa shape index (κ1) is 12.6. The van der Waals surface area contributed by atoms with Crippen LogP contribution in [0, 0.1) is 0 Å². The molecular weight excluding hydrogens is 288 g/mol. The fraction of sp³-hybridized carbons (Fsp3) is 0.600. The average Bonchev–Trinajstić information content (AvgIpc) is 2.40. The molecule has 3 rings (SSSR count). The Hall–Kier alpha value is -0.380. The number of nitrogens with zero attached hydrogens (tertiary/aromatic N) is 1. The third-order valence-corrected chi connectivity index (χ3v) is 4.79. The predicted octanol–water partition coefficient (Wildman–Crippen LogP) is 2.73. The van der Waals surface area contributed by atoms with Crippen molar-refractivity contribution in [1.29, 1.82) is 0 Å². The van der Waals surface area contributed by atoms with E-state index in [1.807, 2.05) is 0 Å². The van der Waals surface area contributed by atoms with Gasteiger partial charge in [0, 0.05) is 37.2 Å². The highest BCUT2D eigenvalue weighted by molar-refractivity contribution is 9.10. The van der Waals surface area contributed by atoms with Gasteiger partial charge < -0.3 is 5.32 Å². The monoisotopic (exact) mass is 308 g/mol. The fourth-order valence-electron chi connectivity index (χ4n) is 3.09. The molecule has 1 aromatic rings. The Morgan fingerprint density at radius 1 is 1.11 bits per heavy atom. The Morgan fingerprint density at radius 2 is 1.89 bits per heavy atom. The lowest BCUT2D eigenvalue weighted by Gasteiger charge is -2.28. The van der Waals surface area contributed by atoms with Crippen molar-refractivity contribution in [2.75, 3.05) is 26.2 Å². The van der Waals surface area contributed by atoms with Gasteiger partial charge in [0.15, 0.2) is 0 Å². The molecule has 2 aliphatic rings. The average molecular weight is 309 g/mol. The molecule has 1 aliphatic carbocycles. The second kappa shape index (κ2) is 5.72. The number of hydrogen-bond donors (Lipinski definition) is 1. The van der Waals surface area contributed by atoms with Crippen LogP contribution in [-0.2, 0) is 19.4 Å². The summed E-state index contributed by atoms with van der Waals surface area (Å²) in [6, 6.07) is 4.79. The van der Waals surface area contributed by atoms with E-state index in [1.54, 1.807) is 11.1 Å². The second-order valence-corrected chi connectivity index (χ2v) is 6.30. The predicted molar refractivity (Wildman–Crippen MR) is 78.9 cm³/mol. The van der Waals surface area contributed by atoms with Crippen LogP contribution in [0.4, 0.5) is 0 Å². The van der Waals surface area contributed by atoms with E-state index in [9.17, 15) is 0 Å². The maximum absolute atomic E-state index is 3.77. The van der Waals surface area contributed by atoms with Crippen LogP contribution < -0.4 is 5.32 Å². The summed E-state index contributed by atoms with van der Waals surface area (Å²) in [5, 5.41) is 3.41. The zero-order valence-corrected chi connectivity index (χ0v) is 12.4. The van der Waals surface area contributed by atoms with Gasteiger partial charge in [-0.05, 0) is 48.4 Å². The molecule has 1 aliphatic heterocycles. The number of aryl methyl sites for hydroxylation is 1. The smallest absolute Gasteiger partial charge is 0.0235 e. The molecule has 1 aromatic carbocycles. The summed E-state index contributed by atoms with van der Waals surface area (Å²) < 4.78 is 1.34. The van der Waals surface area contributed by atoms with Gasteiger partial charge in [0.25, 0.3) is 0 Å². The van der Waals surface area contributed by atoms with E-state index in [2.05, 4.69) is 38.3 Å². The van der Waals surface area contributed by atoms with E-state index < -0.39 is 0 Å². The van der Waals surface area contributed by atoms with E-state index in [0.29, 0.717) is 0 Å². The molecule has 0 radical (unpaired) electrons. The SMILES string of the molecule is Brc1cc(CN2CCNCC2)cc2c1CCCC2. The summed E-state index contributed by atoms with van der Waals surface area (Å²) in [5.74, 6) is 0. The summed E-state index contributed by atoms with van der Waals surface area (Å²) in [7, 11) is 0. The first-order chi connectivity index (χ1) is 8.83. The molecule has 3 heteroatoms. The zero-order valence-electron chi connectivity index (χ0n) is 10.8. The van der Waals surface area contributed by atoms with Gasteiger partial charge in [-0.1, -0.05) is 22.0 Å². The van der Waals surface area contributed by atoms with Gasteiger partial charge in [0.1, 0.15) is 0 Å². The molecule has 1 fully saturated rings. The third-order valence-electron chi connectivity index (χ3n) is 4.09. The van der Waals surface area contributed by atoms with Gasteiger partial charge in [0.2, 0.25) is 0 Å². The van der Waals surface area contributed by atoms with Gasteiger partial charge in [0.05, 0.1) is 0 Å². The van der Waals surface area contributed by atoms with Crippen LogP contribution >= 0.6 is 15.9 Å². The number of halogens is 1. The summed E-state index contributed by atoms with van der Waals surface area (Å²) in [6.07, 6.45) is 5.23. The molecule has 18 heavy (non-hydrogen) atoms. The van der Waals surface area contributed by atoms with Crippen molar-refractivity contribution in [3.63, 3.8) is 0 Å². The van der Waals surface area contributed by atoms with Gasteiger partial charge in [-0.15, -0.1) is 0 Å². The summed E-state index contributed by atoms with van der Waals surface area (Å²) in [4.78, 5) is 2.55. The van der Waals surface area contributed by atoms with Crippen molar-refractivity contribution >= 4 is 15.9 Å². The van der Waals surface area contributed by atoms with Gasteiger partial charge in [-0.3, -0.25) is 4.90 Å². The van der Waals surface area contributed by atoms with Gasteiger partial charge in [-0.25, -0.2) is 0 Å². The van der Waals surface area contributed by atoms with Crippen molar-refractivity contribution in [2.24, 2.45) is 0 Å². The first-order valence-corrected chi connectivity index (χ1v) is 7.85. The topological polar surface area (TPSA) is 15.3 Å². The second-order valence-electron chi connectivity index (χ2n) is 5.45. The van der Waals surface area contributed by atoms with Crippen LogP contribution in [0.1, 0.15) is 29.5 Å². The Kier molecular flexibility index (Phi) is 4.02. The molecule has 1 heterocycles. The lowest BCUT2D eigenvalue weighted by molar-refractivity contribution is 0.233. The van der Waals surface area contributed by atoms with Gasteiger partial charge >= 0.3 is 0 Å². The molecule has 1 saturated heterocycles. The van der Waals surface area contributed by atoms with E-state index in [4.69, 9.17) is 0 Å². The summed E-state index contributed by atoms with van der Waals surface area (Å²) in [6.45, 7) is 5.72. The maximum atomic E-state index is 3.77. The number of rotatable bonds is 2. The van der Waals surface area contributed by atoms with E-state index in [1.165, 1.54) is 48.8 Å². The van der Waals surface area contributed by atoms with E-state index in [-0.39, 0.29) is 0 Å². The Labute approximate surface area is 118 Å². The molecule has 98 valence electrons. The molecule has 0 spiro atoms. The Bertz CT molecular complexity index is 425. The lowest BCUT2D eigenvalue weighted by atomic mass is 9.90. The van der Waals surface area contributed by atoms with Gasteiger partial charge in [-0.2, -0.15) is 0 Å². The molecule has 0 saturated carbocycles. The van der Waals surface area contributed by atoms with Crippen LogP contribution in [0.25, 0.3) is 0 Å². The van der Waals surface area contributed by atoms with Crippen molar-refractivity contribution in [3.8, 4) is 0 Å². The first-order valence-electron chi connectivity index (χ1n) is 7.06. The molecule has 0 bridgehead atoms. The van der Waals surface area contributed by atoms with Crippen LogP contribution in [0.2, 0.25) is 0 Å². The minimum atomic E-state index is 1.10. The highest BCUT2D eigenvalue weighted by Gasteiger charge is 2.15. The van der Waals surface area contributed by atoms with Crippen molar-refractivity contribution in [2.45, 2.75) is 32.2 Å². The van der Waals surface area contributed by atoms with Crippen molar-refractivity contribution in [3.05, 3.63) is 33.3 Å². The number of benzene rings is 1. The number of nitrogens with one attached hydrogen (secondary N) is 1. The minimum Gasteiger partial charge on any atom is -0.314 e. The maximum Gasteiger partial charge on any atom is 0.0235 e. The molecule has 2 nitrogen and oxygen atoms in total. The van der Waals surface area contributed by atoms with E-state index >= 15 is 0 Å². The molecule has 0 atom stereocenters. The highest BCUT2D eigenvalue weighted by Crippen LogP contribution is 2.30. The van der Waals surface area contributed by atoms with E-state index in [0.717, 1.165) is 19.6 Å². The zero-order chi connectivity index (χ0) is 12.4. The normalized spacial score (nSPS) is 20.7. The summed E-state index contributed by atoms with van der Waals surface area (Å²) >= 11 is 3.77. The number of fused-ring (bicyclic) bond motifs is 1.